The number of benzene rings is 1. The van der Waals surface area contributed by atoms with E-state index in [1.807, 2.05) is 24.3 Å². The van der Waals surface area contributed by atoms with Crippen molar-refractivity contribution < 1.29 is 24.3 Å². The normalized spacial score (nSPS) is 27.0. The molecule has 9 nitrogen and oxygen atoms in total. The number of fused-ring (bicyclic) bond motifs is 1. The highest BCUT2D eigenvalue weighted by Crippen LogP contribution is 2.43. The molecule has 3 aliphatic rings. The summed E-state index contributed by atoms with van der Waals surface area (Å²) in [6, 6.07) is 7.85. The van der Waals surface area contributed by atoms with Crippen molar-refractivity contribution in [2.45, 2.75) is 75.3 Å². The molecule has 6 rings (SSSR count). The van der Waals surface area contributed by atoms with E-state index in [0.717, 1.165) is 66.8 Å². The lowest BCUT2D eigenvalue weighted by molar-refractivity contribution is -0.147. The number of carboxylic acid groups (broad SMARTS) is 1. The Morgan fingerprint density at radius 1 is 1.21 bits per heavy atom. The van der Waals surface area contributed by atoms with E-state index in [4.69, 9.17) is 9.26 Å². The smallest absolute Gasteiger partial charge is 0.308 e. The first-order chi connectivity index (χ1) is 18.5. The molecule has 38 heavy (non-hydrogen) atoms. The van der Waals surface area contributed by atoms with Crippen molar-refractivity contribution in [1.29, 1.82) is 0 Å². The number of aromatic nitrogens is 3. The minimum absolute atomic E-state index is 0.0397. The number of aliphatic carboxylic acids is 1. The summed E-state index contributed by atoms with van der Waals surface area (Å²) in [5, 5.41) is 26.2. The Balaban J connectivity index is 1.04. The Morgan fingerprint density at radius 2 is 2.05 bits per heavy atom. The third-order valence-corrected chi connectivity index (χ3v) is 9.16. The van der Waals surface area contributed by atoms with E-state index in [1.165, 1.54) is 6.42 Å². The Hall–Kier alpha value is -3.04. The van der Waals surface area contributed by atoms with Gasteiger partial charge in [-0.1, -0.05) is 11.6 Å². The molecule has 0 bridgehead atoms. The molecule has 1 saturated heterocycles. The first-order valence-corrected chi connectivity index (χ1v) is 13.9. The van der Waals surface area contributed by atoms with Gasteiger partial charge in [0.15, 0.2) is 5.82 Å². The molecule has 9 heteroatoms. The number of hydrogen-bond acceptors (Lipinski definition) is 8. The van der Waals surface area contributed by atoms with Gasteiger partial charge >= 0.3 is 5.97 Å². The number of likely N-dealkylation sites (tertiary alicyclic amines) is 1. The van der Waals surface area contributed by atoms with Gasteiger partial charge in [0.2, 0.25) is 5.89 Å². The minimum Gasteiger partial charge on any atom is -0.497 e. The molecule has 3 heterocycles. The minimum atomic E-state index is -0.744. The molecule has 0 spiro atoms. The van der Waals surface area contributed by atoms with Gasteiger partial charge in [-0.2, -0.15) is 4.98 Å². The fourth-order valence-corrected chi connectivity index (χ4v) is 6.41. The van der Waals surface area contributed by atoms with Crippen LogP contribution in [-0.2, 0) is 4.79 Å². The number of rotatable bonds is 9. The number of ether oxygens (including phenoxy) is 1. The van der Waals surface area contributed by atoms with Crippen molar-refractivity contribution in [2.75, 3.05) is 20.2 Å². The van der Waals surface area contributed by atoms with Gasteiger partial charge in [-0.25, -0.2) is 0 Å². The molecule has 3 fully saturated rings. The van der Waals surface area contributed by atoms with Crippen LogP contribution in [0.2, 0.25) is 0 Å². The van der Waals surface area contributed by atoms with Crippen LogP contribution in [0, 0.1) is 11.8 Å². The summed E-state index contributed by atoms with van der Waals surface area (Å²) in [5.74, 6) is 1.95. The summed E-state index contributed by atoms with van der Waals surface area (Å²) in [6.07, 6.45) is 8.46. The lowest BCUT2D eigenvalue weighted by Gasteiger charge is -2.46. The SMILES string of the molecule is COc1ccc2nccc(C(O)CC[C@@H]3CCN(C4CC(c5nc(C6CCC6)no5)C4)C[C@@H]3C(=O)O)c2c1. The molecule has 0 radical (unpaired) electrons. The van der Waals surface area contributed by atoms with E-state index in [9.17, 15) is 15.0 Å². The Bertz CT molecular complexity index is 1280. The Labute approximate surface area is 222 Å². The van der Waals surface area contributed by atoms with E-state index in [-0.39, 0.29) is 11.8 Å². The van der Waals surface area contributed by atoms with E-state index in [1.54, 1.807) is 13.3 Å². The maximum atomic E-state index is 12.2. The van der Waals surface area contributed by atoms with Crippen molar-refractivity contribution in [1.82, 2.24) is 20.0 Å². The largest absolute Gasteiger partial charge is 0.497 e. The van der Waals surface area contributed by atoms with Gasteiger partial charge < -0.3 is 19.5 Å². The zero-order valence-electron chi connectivity index (χ0n) is 21.8. The van der Waals surface area contributed by atoms with Gasteiger partial charge in [-0.05, 0) is 87.2 Å². The highest BCUT2D eigenvalue weighted by atomic mass is 16.5. The lowest BCUT2D eigenvalue weighted by atomic mass is 9.75. The number of methoxy groups -OCH3 is 1. The fraction of sp³-hybridized carbons (Fsp3) is 0.586. The number of nitrogens with zero attached hydrogens (tertiary/aromatic N) is 4. The number of aliphatic hydroxyl groups is 1. The van der Waals surface area contributed by atoms with E-state index < -0.39 is 18.0 Å². The molecule has 2 aromatic heterocycles. The third-order valence-electron chi connectivity index (χ3n) is 9.16. The van der Waals surface area contributed by atoms with E-state index in [2.05, 4.69) is 20.0 Å². The van der Waals surface area contributed by atoms with Crippen molar-refractivity contribution in [2.24, 2.45) is 11.8 Å². The monoisotopic (exact) mass is 520 g/mol. The van der Waals surface area contributed by atoms with Gasteiger partial charge in [-0.15, -0.1) is 0 Å². The molecule has 0 amide bonds. The van der Waals surface area contributed by atoms with E-state index >= 15 is 0 Å². The molecule has 3 atom stereocenters. The Kier molecular flexibility index (Phi) is 7.05. The number of carboxylic acids is 1. The zero-order chi connectivity index (χ0) is 26.2. The van der Waals surface area contributed by atoms with Crippen LogP contribution in [0.5, 0.6) is 5.75 Å². The van der Waals surface area contributed by atoms with Crippen LogP contribution in [0.25, 0.3) is 10.9 Å². The van der Waals surface area contributed by atoms with Gasteiger partial charge in [0.05, 0.1) is 24.6 Å². The van der Waals surface area contributed by atoms with Gasteiger partial charge in [-0.3, -0.25) is 14.7 Å². The third kappa shape index (κ3) is 4.89. The van der Waals surface area contributed by atoms with Crippen molar-refractivity contribution in [3.63, 3.8) is 0 Å². The molecule has 1 aliphatic heterocycles. The Morgan fingerprint density at radius 3 is 2.79 bits per heavy atom. The van der Waals surface area contributed by atoms with Crippen molar-refractivity contribution in [3.05, 3.63) is 47.7 Å². The molecule has 1 unspecified atom stereocenters. The second-order valence-corrected chi connectivity index (χ2v) is 11.3. The molecule has 2 aliphatic carbocycles. The molecule has 2 N–H and O–H groups in total. The topological polar surface area (TPSA) is 122 Å². The second kappa shape index (κ2) is 10.6. The predicted molar refractivity (Wildman–Crippen MR) is 140 cm³/mol. The summed E-state index contributed by atoms with van der Waals surface area (Å²) in [7, 11) is 1.62. The number of piperidine rings is 1. The fourth-order valence-electron chi connectivity index (χ4n) is 6.41. The highest BCUT2D eigenvalue weighted by molar-refractivity contribution is 5.83. The van der Waals surface area contributed by atoms with Crippen LogP contribution in [0.1, 0.15) is 86.6 Å². The summed E-state index contributed by atoms with van der Waals surface area (Å²) in [5.41, 5.74) is 1.61. The summed E-state index contributed by atoms with van der Waals surface area (Å²) in [6.45, 7) is 1.44. The molecule has 1 aromatic carbocycles. The average Bonchev–Trinajstić information content (AvgIpc) is 3.33. The van der Waals surface area contributed by atoms with E-state index in [0.29, 0.717) is 37.1 Å². The van der Waals surface area contributed by atoms with Crippen LogP contribution in [0.15, 0.2) is 35.0 Å². The van der Waals surface area contributed by atoms with Crippen LogP contribution >= 0.6 is 0 Å². The molecular weight excluding hydrogens is 484 g/mol. The standard InChI is InChI=1S/C29H36N4O5/c1-37-21-6-7-25-23(15-21)22(9-11-30-25)26(34)8-5-17-10-12-33(16-24(17)29(35)36)20-13-19(14-20)28-31-27(32-38-28)18-3-2-4-18/h6-7,9,11,15,17-20,24,26,34H,2-5,8,10,12-14,16H2,1H3,(H,35,36)/t17-,19?,20?,24+,26?/m1/s1. The number of carbonyl (C=O) groups is 1. The molecule has 3 aromatic rings. The number of pyridine rings is 1. The van der Waals surface area contributed by atoms with Gasteiger partial charge in [0, 0.05) is 36.0 Å². The van der Waals surface area contributed by atoms with Gasteiger partial charge in [0.1, 0.15) is 5.75 Å². The number of aliphatic hydroxyl groups excluding tert-OH is 1. The summed E-state index contributed by atoms with van der Waals surface area (Å²) in [4.78, 5) is 23.6. The molecule has 2 saturated carbocycles. The maximum Gasteiger partial charge on any atom is 0.308 e. The first-order valence-electron chi connectivity index (χ1n) is 13.9. The van der Waals surface area contributed by atoms with Crippen LogP contribution in [-0.4, -0.2) is 62.4 Å². The molecule has 202 valence electrons. The van der Waals surface area contributed by atoms with Crippen LogP contribution in [0.4, 0.5) is 0 Å². The quantitative estimate of drug-likeness (QED) is 0.414. The lowest BCUT2D eigenvalue weighted by Crippen LogP contribution is -2.52. The first kappa shape index (κ1) is 25.2. The van der Waals surface area contributed by atoms with Crippen molar-refractivity contribution >= 4 is 16.9 Å². The number of hydrogen-bond donors (Lipinski definition) is 2. The molecular formula is C29H36N4O5. The second-order valence-electron chi connectivity index (χ2n) is 11.3. The highest BCUT2D eigenvalue weighted by Gasteiger charge is 2.43. The zero-order valence-corrected chi connectivity index (χ0v) is 21.8. The summed E-state index contributed by atoms with van der Waals surface area (Å²) >= 11 is 0. The summed E-state index contributed by atoms with van der Waals surface area (Å²) < 4.78 is 10.9. The maximum absolute atomic E-state index is 12.2. The van der Waals surface area contributed by atoms with Crippen molar-refractivity contribution in [3.8, 4) is 5.75 Å². The van der Waals surface area contributed by atoms with Gasteiger partial charge in [0.25, 0.3) is 0 Å². The van der Waals surface area contributed by atoms with Crippen LogP contribution < -0.4 is 4.74 Å². The predicted octanol–water partition coefficient (Wildman–Crippen LogP) is 4.68. The average molecular weight is 521 g/mol. The van der Waals surface area contributed by atoms with Crippen LogP contribution in [0.3, 0.4) is 0 Å².